The highest BCUT2D eigenvalue weighted by Gasteiger charge is 2.09. The smallest absolute Gasteiger partial charge is 0.161 e. The average molecular weight is 267 g/mol. The molecule has 4 nitrogen and oxygen atoms in total. The second kappa shape index (κ2) is 8.02. The number of benzene rings is 1. The van der Waals surface area contributed by atoms with Crippen LogP contribution in [0.1, 0.15) is 30.9 Å². The van der Waals surface area contributed by atoms with E-state index in [-0.39, 0.29) is 6.61 Å². The second-order valence-electron chi connectivity index (χ2n) is 4.78. The fourth-order valence-corrected chi connectivity index (χ4v) is 2.00. The van der Waals surface area contributed by atoms with Crippen LogP contribution in [0, 0.1) is 6.92 Å². The Morgan fingerprint density at radius 2 is 1.84 bits per heavy atom. The zero-order valence-electron chi connectivity index (χ0n) is 12.3. The van der Waals surface area contributed by atoms with Crippen molar-refractivity contribution in [3.05, 3.63) is 23.3 Å². The predicted molar refractivity (Wildman–Crippen MR) is 76.9 cm³/mol. The zero-order chi connectivity index (χ0) is 14.3. The topological polar surface area (TPSA) is 50.7 Å². The van der Waals surface area contributed by atoms with Gasteiger partial charge in [-0.3, -0.25) is 0 Å². The van der Waals surface area contributed by atoms with Crippen molar-refractivity contribution in [3.63, 3.8) is 0 Å². The number of rotatable bonds is 8. The van der Waals surface area contributed by atoms with Crippen molar-refractivity contribution in [3.8, 4) is 11.5 Å². The molecule has 108 valence electrons. The first-order valence-electron chi connectivity index (χ1n) is 6.68. The van der Waals surface area contributed by atoms with Crippen molar-refractivity contribution in [2.75, 3.05) is 20.8 Å². The van der Waals surface area contributed by atoms with Gasteiger partial charge in [0.2, 0.25) is 0 Å². The van der Waals surface area contributed by atoms with E-state index < -0.39 is 0 Å². The molecule has 0 spiro atoms. The average Bonchev–Trinajstić information content (AvgIpc) is 2.43. The molecule has 1 aromatic rings. The van der Waals surface area contributed by atoms with Gasteiger partial charge >= 0.3 is 0 Å². The summed E-state index contributed by atoms with van der Waals surface area (Å²) in [5, 5.41) is 12.3. The Kier molecular flexibility index (Phi) is 6.67. The molecule has 0 heterocycles. The molecule has 1 rings (SSSR count). The molecule has 1 aromatic carbocycles. The normalized spacial score (nSPS) is 12.3. The number of aliphatic hydroxyl groups excluding tert-OH is 1. The molecular weight excluding hydrogens is 242 g/mol. The minimum Gasteiger partial charge on any atom is -0.493 e. The first kappa shape index (κ1) is 15.8. The lowest BCUT2D eigenvalue weighted by molar-refractivity contribution is 0.276. The van der Waals surface area contributed by atoms with E-state index in [0.29, 0.717) is 6.04 Å². The molecule has 0 saturated carbocycles. The van der Waals surface area contributed by atoms with Gasteiger partial charge in [-0.05, 0) is 49.9 Å². The standard InChI is InChI=1S/C15H25NO3/c1-11-8-14(18-3)15(19-4)9-13(11)10-16-12(2)6-5-7-17/h8-9,12,16-17H,5-7,10H2,1-4H3. The fraction of sp³-hybridized carbons (Fsp3) is 0.600. The van der Waals surface area contributed by atoms with Gasteiger partial charge in [0.1, 0.15) is 0 Å². The third kappa shape index (κ3) is 4.73. The van der Waals surface area contributed by atoms with Gasteiger partial charge in [-0.15, -0.1) is 0 Å². The van der Waals surface area contributed by atoms with Crippen LogP contribution in [0.15, 0.2) is 12.1 Å². The first-order chi connectivity index (χ1) is 9.12. The van der Waals surface area contributed by atoms with Gasteiger partial charge < -0.3 is 19.9 Å². The third-order valence-corrected chi connectivity index (χ3v) is 3.28. The highest BCUT2D eigenvalue weighted by molar-refractivity contribution is 5.46. The van der Waals surface area contributed by atoms with Gasteiger partial charge in [-0.25, -0.2) is 0 Å². The zero-order valence-corrected chi connectivity index (χ0v) is 12.3. The van der Waals surface area contributed by atoms with E-state index in [1.807, 2.05) is 12.1 Å². The van der Waals surface area contributed by atoms with Crippen molar-refractivity contribution >= 4 is 0 Å². The summed E-state index contributed by atoms with van der Waals surface area (Å²) in [7, 11) is 3.29. The minimum atomic E-state index is 0.251. The number of nitrogens with one attached hydrogen (secondary N) is 1. The molecule has 0 aromatic heterocycles. The lowest BCUT2D eigenvalue weighted by Crippen LogP contribution is -2.26. The quantitative estimate of drug-likeness (QED) is 0.758. The van der Waals surface area contributed by atoms with Crippen LogP contribution in [-0.2, 0) is 6.54 Å². The van der Waals surface area contributed by atoms with E-state index in [1.54, 1.807) is 14.2 Å². The maximum absolute atomic E-state index is 8.81. The number of aliphatic hydroxyl groups is 1. The summed E-state index contributed by atoms with van der Waals surface area (Å²) in [6, 6.07) is 4.40. The highest BCUT2D eigenvalue weighted by atomic mass is 16.5. The van der Waals surface area contributed by atoms with E-state index >= 15 is 0 Å². The third-order valence-electron chi connectivity index (χ3n) is 3.28. The van der Waals surface area contributed by atoms with Gasteiger partial charge in [0, 0.05) is 19.2 Å². The molecule has 0 amide bonds. The lowest BCUT2D eigenvalue weighted by Gasteiger charge is -2.16. The van der Waals surface area contributed by atoms with Crippen LogP contribution in [0.3, 0.4) is 0 Å². The molecule has 19 heavy (non-hydrogen) atoms. The number of hydrogen-bond acceptors (Lipinski definition) is 4. The summed E-state index contributed by atoms with van der Waals surface area (Å²) in [5.41, 5.74) is 2.38. The van der Waals surface area contributed by atoms with Gasteiger partial charge in [0.05, 0.1) is 14.2 Å². The van der Waals surface area contributed by atoms with Crippen molar-refractivity contribution in [1.82, 2.24) is 5.32 Å². The molecule has 0 aliphatic carbocycles. The molecule has 0 aliphatic heterocycles. The van der Waals surface area contributed by atoms with E-state index in [0.717, 1.165) is 30.9 Å². The van der Waals surface area contributed by atoms with Crippen LogP contribution in [0.5, 0.6) is 11.5 Å². The van der Waals surface area contributed by atoms with Crippen LogP contribution in [0.2, 0.25) is 0 Å². The Morgan fingerprint density at radius 3 is 2.42 bits per heavy atom. The number of methoxy groups -OCH3 is 2. The second-order valence-corrected chi connectivity index (χ2v) is 4.78. The molecule has 0 saturated heterocycles. The monoisotopic (exact) mass is 267 g/mol. The number of ether oxygens (including phenoxy) is 2. The first-order valence-corrected chi connectivity index (χ1v) is 6.68. The van der Waals surface area contributed by atoms with Crippen molar-refractivity contribution < 1.29 is 14.6 Å². The van der Waals surface area contributed by atoms with Crippen molar-refractivity contribution in [1.29, 1.82) is 0 Å². The molecule has 0 radical (unpaired) electrons. The molecule has 1 atom stereocenters. The lowest BCUT2D eigenvalue weighted by atomic mass is 10.1. The summed E-state index contributed by atoms with van der Waals surface area (Å²) in [5.74, 6) is 1.52. The fourth-order valence-electron chi connectivity index (χ4n) is 2.00. The van der Waals surface area contributed by atoms with Crippen LogP contribution < -0.4 is 14.8 Å². The summed E-state index contributed by atoms with van der Waals surface area (Å²) < 4.78 is 10.6. The summed E-state index contributed by atoms with van der Waals surface area (Å²) in [6.45, 7) is 5.24. The SMILES string of the molecule is COc1cc(C)c(CNC(C)CCCO)cc1OC. The van der Waals surface area contributed by atoms with Crippen molar-refractivity contribution in [2.45, 2.75) is 39.3 Å². The Labute approximate surface area is 115 Å². The number of aryl methyl sites for hydroxylation is 1. The van der Waals surface area contributed by atoms with Gasteiger partial charge in [-0.2, -0.15) is 0 Å². The Balaban J connectivity index is 2.67. The molecule has 4 heteroatoms. The van der Waals surface area contributed by atoms with Crippen LogP contribution in [0.25, 0.3) is 0 Å². The Hall–Kier alpha value is -1.26. The van der Waals surface area contributed by atoms with Crippen LogP contribution >= 0.6 is 0 Å². The van der Waals surface area contributed by atoms with E-state index in [4.69, 9.17) is 14.6 Å². The number of hydrogen-bond donors (Lipinski definition) is 2. The molecule has 0 bridgehead atoms. The van der Waals surface area contributed by atoms with Gasteiger partial charge in [0.25, 0.3) is 0 Å². The molecule has 1 unspecified atom stereocenters. The predicted octanol–water partition coefficient (Wildman–Crippen LogP) is 2.26. The highest BCUT2D eigenvalue weighted by Crippen LogP contribution is 2.30. The molecule has 0 fully saturated rings. The van der Waals surface area contributed by atoms with Crippen LogP contribution in [0.4, 0.5) is 0 Å². The van der Waals surface area contributed by atoms with Gasteiger partial charge in [0.15, 0.2) is 11.5 Å². The maximum Gasteiger partial charge on any atom is 0.161 e. The minimum absolute atomic E-state index is 0.251. The Bertz CT molecular complexity index is 393. The summed E-state index contributed by atoms with van der Waals surface area (Å²) in [4.78, 5) is 0. The molecular formula is C15H25NO3. The van der Waals surface area contributed by atoms with E-state index in [2.05, 4.69) is 19.2 Å². The van der Waals surface area contributed by atoms with E-state index in [1.165, 1.54) is 11.1 Å². The molecule has 0 aliphatic rings. The van der Waals surface area contributed by atoms with Gasteiger partial charge in [-0.1, -0.05) is 0 Å². The van der Waals surface area contributed by atoms with E-state index in [9.17, 15) is 0 Å². The largest absolute Gasteiger partial charge is 0.493 e. The van der Waals surface area contributed by atoms with Crippen molar-refractivity contribution in [2.24, 2.45) is 0 Å². The van der Waals surface area contributed by atoms with Crippen LogP contribution in [-0.4, -0.2) is 32.0 Å². The Morgan fingerprint density at radius 1 is 1.21 bits per heavy atom. The summed E-state index contributed by atoms with van der Waals surface area (Å²) >= 11 is 0. The summed E-state index contributed by atoms with van der Waals surface area (Å²) in [6.07, 6.45) is 1.81. The molecule has 2 N–H and O–H groups in total. The maximum atomic E-state index is 8.81.